The molecule has 2 N–H and O–H groups in total. The Morgan fingerprint density at radius 2 is 1.96 bits per heavy atom. The largest absolute Gasteiger partial charge is 0.350 e. The van der Waals surface area contributed by atoms with Crippen LogP contribution in [0.2, 0.25) is 5.02 Å². The van der Waals surface area contributed by atoms with Gasteiger partial charge < -0.3 is 10.6 Å². The lowest BCUT2D eigenvalue weighted by atomic mass is 9.92. The highest BCUT2D eigenvalue weighted by molar-refractivity contribution is 9.10. The van der Waals surface area contributed by atoms with E-state index >= 15 is 0 Å². The van der Waals surface area contributed by atoms with Crippen molar-refractivity contribution < 1.29 is 14.4 Å². The fourth-order valence-corrected chi connectivity index (χ4v) is 3.47. The van der Waals surface area contributed by atoms with Crippen molar-refractivity contribution >= 4 is 45.4 Å². The van der Waals surface area contributed by atoms with Crippen molar-refractivity contribution in [3.05, 3.63) is 69.2 Å². The Morgan fingerprint density at radius 1 is 1.22 bits per heavy atom. The van der Waals surface area contributed by atoms with Gasteiger partial charge in [0, 0.05) is 16.0 Å². The molecule has 6 nitrogen and oxygen atoms in total. The van der Waals surface area contributed by atoms with E-state index < -0.39 is 23.4 Å². The summed E-state index contributed by atoms with van der Waals surface area (Å²) in [4.78, 5) is 38.3. The van der Waals surface area contributed by atoms with Gasteiger partial charge in [0.15, 0.2) is 0 Å². The van der Waals surface area contributed by atoms with Gasteiger partial charge in [-0.2, -0.15) is 0 Å². The van der Waals surface area contributed by atoms with E-state index in [0.717, 1.165) is 14.9 Å². The molecule has 0 aliphatic carbocycles. The molecule has 2 aromatic carbocycles. The van der Waals surface area contributed by atoms with Gasteiger partial charge in [-0.3, -0.25) is 14.5 Å². The zero-order chi connectivity index (χ0) is 19.6. The normalized spacial score (nSPS) is 19.1. The van der Waals surface area contributed by atoms with Crippen LogP contribution in [0.5, 0.6) is 0 Å². The van der Waals surface area contributed by atoms with Crippen LogP contribution in [0.3, 0.4) is 0 Å². The average molecular weight is 451 g/mol. The van der Waals surface area contributed by atoms with Crippen molar-refractivity contribution in [1.82, 2.24) is 15.5 Å². The Balaban J connectivity index is 1.68. The first kappa shape index (κ1) is 19.4. The zero-order valence-corrected chi connectivity index (χ0v) is 16.8. The van der Waals surface area contributed by atoms with Crippen molar-refractivity contribution in [3.63, 3.8) is 0 Å². The summed E-state index contributed by atoms with van der Waals surface area (Å²) in [6.45, 7) is 1.47. The first-order valence-electron chi connectivity index (χ1n) is 8.21. The third-order valence-corrected chi connectivity index (χ3v) is 5.27. The number of urea groups is 1. The van der Waals surface area contributed by atoms with Crippen molar-refractivity contribution in [2.75, 3.05) is 6.54 Å². The van der Waals surface area contributed by atoms with Crippen molar-refractivity contribution in [3.8, 4) is 0 Å². The molecule has 0 bridgehead atoms. The molecule has 8 heteroatoms. The second-order valence-electron chi connectivity index (χ2n) is 6.32. The number of hydrogen-bond donors (Lipinski definition) is 2. The second-order valence-corrected chi connectivity index (χ2v) is 7.65. The van der Waals surface area contributed by atoms with E-state index in [9.17, 15) is 14.4 Å². The Morgan fingerprint density at radius 3 is 2.67 bits per heavy atom. The first-order chi connectivity index (χ1) is 12.8. The van der Waals surface area contributed by atoms with Gasteiger partial charge in [-0.25, -0.2) is 4.79 Å². The molecule has 0 aromatic heterocycles. The summed E-state index contributed by atoms with van der Waals surface area (Å²) in [6.07, 6.45) is 0. The molecule has 1 fully saturated rings. The number of hydrogen-bond acceptors (Lipinski definition) is 3. The minimum Gasteiger partial charge on any atom is -0.350 e. The summed E-state index contributed by atoms with van der Waals surface area (Å²) in [5, 5.41) is 5.89. The number of nitrogens with one attached hydrogen (secondary N) is 2. The van der Waals surface area contributed by atoms with E-state index in [1.165, 1.54) is 0 Å². The molecule has 0 radical (unpaired) electrons. The molecule has 1 unspecified atom stereocenters. The van der Waals surface area contributed by atoms with Crippen LogP contribution in [0.25, 0.3) is 0 Å². The molecular weight excluding hydrogens is 434 g/mol. The number of benzene rings is 2. The Kier molecular flexibility index (Phi) is 5.53. The highest BCUT2D eigenvalue weighted by Crippen LogP contribution is 2.30. The topological polar surface area (TPSA) is 78.5 Å². The predicted molar refractivity (Wildman–Crippen MR) is 105 cm³/mol. The highest BCUT2D eigenvalue weighted by Gasteiger charge is 2.49. The summed E-state index contributed by atoms with van der Waals surface area (Å²) >= 11 is 9.42. The summed E-state index contributed by atoms with van der Waals surface area (Å²) in [5.74, 6) is -0.921. The molecule has 3 rings (SSSR count). The van der Waals surface area contributed by atoms with Crippen LogP contribution in [0, 0.1) is 0 Å². The third-order valence-electron chi connectivity index (χ3n) is 4.41. The monoisotopic (exact) mass is 449 g/mol. The maximum absolute atomic E-state index is 12.8. The molecule has 2 aromatic rings. The lowest BCUT2D eigenvalue weighted by Crippen LogP contribution is -2.43. The van der Waals surface area contributed by atoms with Gasteiger partial charge in [0.2, 0.25) is 5.91 Å². The minimum absolute atomic E-state index is 0.213. The van der Waals surface area contributed by atoms with Gasteiger partial charge in [0.05, 0.1) is 0 Å². The van der Waals surface area contributed by atoms with E-state index in [2.05, 4.69) is 26.6 Å². The summed E-state index contributed by atoms with van der Waals surface area (Å²) in [7, 11) is 0. The summed E-state index contributed by atoms with van der Waals surface area (Å²) in [5.41, 5.74) is 0.169. The van der Waals surface area contributed by atoms with Crippen LogP contribution in [0.1, 0.15) is 18.1 Å². The number of halogens is 2. The lowest BCUT2D eigenvalue weighted by Gasteiger charge is -2.22. The average Bonchev–Trinajstić information content (AvgIpc) is 2.85. The smallest absolute Gasteiger partial charge is 0.325 e. The van der Waals surface area contributed by atoms with Crippen molar-refractivity contribution in [2.45, 2.75) is 19.0 Å². The van der Waals surface area contributed by atoms with Crippen LogP contribution in [0.4, 0.5) is 4.79 Å². The highest BCUT2D eigenvalue weighted by atomic mass is 79.9. The van der Waals surface area contributed by atoms with Crippen LogP contribution in [0.15, 0.2) is 53.0 Å². The Hall–Kier alpha value is -2.38. The fourth-order valence-electron chi connectivity index (χ4n) is 2.87. The number of carbonyl (C=O) groups excluding carboxylic acids is 3. The van der Waals surface area contributed by atoms with E-state index in [1.807, 2.05) is 12.1 Å². The molecule has 4 amide bonds. The fraction of sp³-hybridized carbons (Fsp3) is 0.211. The molecule has 1 atom stereocenters. The number of carbonyl (C=O) groups is 3. The molecule has 1 saturated heterocycles. The molecule has 1 aliphatic rings. The van der Waals surface area contributed by atoms with Gasteiger partial charge in [-0.05, 0) is 36.2 Å². The Labute approximate surface area is 170 Å². The Bertz CT molecular complexity index is 921. The number of amides is 4. The molecule has 0 saturated carbocycles. The molecule has 1 heterocycles. The second kappa shape index (κ2) is 7.70. The van der Waals surface area contributed by atoms with Crippen LogP contribution < -0.4 is 10.6 Å². The lowest BCUT2D eigenvalue weighted by molar-refractivity contribution is -0.134. The van der Waals surface area contributed by atoms with Gasteiger partial charge in [0.1, 0.15) is 12.1 Å². The van der Waals surface area contributed by atoms with E-state index in [-0.39, 0.29) is 13.1 Å². The summed E-state index contributed by atoms with van der Waals surface area (Å²) in [6, 6.07) is 13.7. The van der Waals surface area contributed by atoms with E-state index in [4.69, 9.17) is 11.6 Å². The SMILES string of the molecule is CC1(c2cccc(Br)c2)NC(=O)N(CC(=O)NCc2ccccc2Cl)C1=O. The van der Waals surface area contributed by atoms with Gasteiger partial charge in [-0.1, -0.05) is 57.9 Å². The van der Waals surface area contributed by atoms with Crippen LogP contribution in [-0.2, 0) is 21.7 Å². The van der Waals surface area contributed by atoms with E-state index in [0.29, 0.717) is 10.6 Å². The first-order valence-corrected chi connectivity index (χ1v) is 9.38. The van der Waals surface area contributed by atoms with Crippen LogP contribution in [-0.4, -0.2) is 29.3 Å². The number of imide groups is 1. The number of nitrogens with zero attached hydrogens (tertiary/aromatic N) is 1. The molecule has 140 valence electrons. The zero-order valence-electron chi connectivity index (χ0n) is 14.5. The maximum atomic E-state index is 12.8. The third kappa shape index (κ3) is 3.99. The van der Waals surface area contributed by atoms with E-state index in [1.54, 1.807) is 43.3 Å². The molecule has 0 spiro atoms. The van der Waals surface area contributed by atoms with Crippen molar-refractivity contribution in [1.29, 1.82) is 0 Å². The quantitative estimate of drug-likeness (QED) is 0.687. The van der Waals surface area contributed by atoms with Crippen LogP contribution >= 0.6 is 27.5 Å². The minimum atomic E-state index is -1.22. The molecule has 1 aliphatic heterocycles. The van der Waals surface area contributed by atoms with Crippen molar-refractivity contribution in [2.24, 2.45) is 0 Å². The summed E-state index contributed by atoms with van der Waals surface area (Å²) < 4.78 is 0.791. The maximum Gasteiger partial charge on any atom is 0.325 e. The number of rotatable bonds is 5. The van der Waals surface area contributed by atoms with Gasteiger partial charge >= 0.3 is 6.03 Å². The standard InChI is InChI=1S/C19H17BrClN3O3/c1-19(13-6-4-7-14(20)9-13)17(26)24(18(27)23-19)11-16(25)22-10-12-5-2-3-8-15(12)21/h2-9H,10-11H2,1H3,(H,22,25)(H,23,27). The molecule has 27 heavy (non-hydrogen) atoms. The molecular formula is C19H17BrClN3O3. The predicted octanol–water partition coefficient (Wildman–Crippen LogP) is 3.19. The van der Waals surface area contributed by atoms with Gasteiger partial charge in [-0.15, -0.1) is 0 Å². The van der Waals surface area contributed by atoms with Gasteiger partial charge in [0.25, 0.3) is 5.91 Å².